The van der Waals surface area contributed by atoms with Crippen molar-refractivity contribution in [1.29, 1.82) is 0 Å². The van der Waals surface area contributed by atoms with Crippen molar-refractivity contribution in [2.45, 2.75) is 18.6 Å². The van der Waals surface area contributed by atoms with Crippen molar-refractivity contribution in [3.8, 4) is 0 Å². The molecule has 8 heteroatoms. The van der Waals surface area contributed by atoms with Gasteiger partial charge >= 0.3 is 0 Å². The highest BCUT2D eigenvalue weighted by Crippen LogP contribution is 2.30. The maximum Gasteiger partial charge on any atom is 0.238 e. The Balaban J connectivity index is 1.79. The van der Waals surface area contributed by atoms with Crippen LogP contribution >= 0.6 is 43.6 Å². The smallest absolute Gasteiger partial charge is 0.238 e. The van der Waals surface area contributed by atoms with Gasteiger partial charge in [-0.1, -0.05) is 43.6 Å². The first-order valence-electron chi connectivity index (χ1n) is 8.34. The van der Waals surface area contributed by atoms with E-state index in [9.17, 15) is 9.59 Å². The van der Waals surface area contributed by atoms with Gasteiger partial charge in [0, 0.05) is 27.6 Å². The lowest BCUT2D eigenvalue weighted by Gasteiger charge is -2.30. The van der Waals surface area contributed by atoms with Crippen LogP contribution in [0, 0.1) is 0 Å². The SMILES string of the molecule is CCN1C(=O)C[C@@H](C(=O)Nc2ccc(Br)cc2)SC1=Nc1ccc(Br)cc1. The average molecular weight is 511 g/mol. The number of hydrogen-bond acceptors (Lipinski definition) is 4. The number of rotatable bonds is 4. The number of nitrogens with one attached hydrogen (secondary N) is 1. The van der Waals surface area contributed by atoms with Crippen LogP contribution < -0.4 is 5.32 Å². The Morgan fingerprint density at radius 1 is 1.15 bits per heavy atom. The number of amides is 2. The Hall–Kier alpha value is -1.64. The van der Waals surface area contributed by atoms with E-state index in [2.05, 4.69) is 42.2 Å². The maximum atomic E-state index is 12.7. The summed E-state index contributed by atoms with van der Waals surface area (Å²) in [6.07, 6.45) is 0.153. The summed E-state index contributed by atoms with van der Waals surface area (Å²) < 4.78 is 1.89. The zero-order valence-electron chi connectivity index (χ0n) is 14.5. The molecule has 27 heavy (non-hydrogen) atoms. The van der Waals surface area contributed by atoms with Gasteiger partial charge in [-0.3, -0.25) is 14.5 Å². The van der Waals surface area contributed by atoms with Crippen molar-refractivity contribution in [2.24, 2.45) is 4.99 Å². The molecule has 2 aromatic carbocycles. The zero-order chi connectivity index (χ0) is 19.4. The molecule has 2 amide bonds. The van der Waals surface area contributed by atoms with Gasteiger partial charge in [0.1, 0.15) is 5.25 Å². The van der Waals surface area contributed by atoms with Crippen molar-refractivity contribution in [3.05, 3.63) is 57.5 Å². The average Bonchev–Trinajstić information content (AvgIpc) is 2.65. The van der Waals surface area contributed by atoms with Crippen LogP contribution in [0.15, 0.2) is 62.5 Å². The predicted octanol–water partition coefficient (Wildman–Crippen LogP) is 5.19. The number of halogens is 2. The molecule has 0 saturated carbocycles. The highest BCUT2D eigenvalue weighted by molar-refractivity contribution is 9.10. The molecule has 5 nitrogen and oxygen atoms in total. The van der Waals surface area contributed by atoms with E-state index < -0.39 is 5.25 Å². The largest absolute Gasteiger partial charge is 0.325 e. The molecule has 0 spiro atoms. The van der Waals surface area contributed by atoms with Crippen molar-refractivity contribution < 1.29 is 9.59 Å². The molecule has 1 atom stereocenters. The first-order chi connectivity index (χ1) is 13.0. The summed E-state index contributed by atoms with van der Waals surface area (Å²) in [7, 11) is 0. The topological polar surface area (TPSA) is 61.8 Å². The fourth-order valence-corrected chi connectivity index (χ4v) is 4.23. The Kier molecular flexibility index (Phi) is 6.73. The quantitative estimate of drug-likeness (QED) is 0.615. The molecule has 2 aromatic rings. The van der Waals surface area contributed by atoms with E-state index in [1.54, 1.807) is 4.90 Å². The van der Waals surface area contributed by atoms with Crippen LogP contribution in [-0.2, 0) is 9.59 Å². The number of carbonyl (C=O) groups excluding carboxylic acids is 2. The molecule has 1 aliphatic rings. The van der Waals surface area contributed by atoms with Crippen LogP contribution in [0.25, 0.3) is 0 Å². The van der Waals surface area contributed by atoms with Gasteiger partial charge < -0.3 is 5.32 Å². The summed E-state index contributed by atoms with van der Waals surface area (Å²) in [6.45, 7) is 2.42. The van der Waals surface area contributed by atoms with E-state index in [1.165, 1.54) is 11.8 Å². The fraction of sp³-hybridized carbons (Fsp3) is 0.211. The molecule has 1 aliphatic heterocycles. The number of carbonyl (C=O) groups is 2. The Labute approximate surface area is 178 Å². The molecule has 0 radical (unpaired) electrons. The molecule has 0 unspecified atom stereocenters. The van der Waals surface area contributed by atoms with E-state index >= 15 is 0 Å². The van der Waals surface area contributed by atoms with Gasteiger partial charge in [-0.15, -0.1) is 0 Å². The Morgan fingerprint density at radius 3 is 2.33 bits per heavy atom. The lowest BCUT2D eigenvalue weighted by molar-refractivity contribution is -0.129. The van der Waals surface area contributed by atoms with Gasteiger partial charge in [-0.05, 0) is 55.5 Å². The van der Waals surface area contributed by atoms with E-state index in [-0.39, 0.29) is 18.2 Å². The number of nitrogens with zero attached hydrogens (tertiary/aromatic N) is 2. The third-order valence-electron chi connectivity index (χ3n) is 3.91. The highest BCUT2D eigenvalue weighted by atomic mass is 79.9. The van der Waals surface area contributed by atoms with Gasteiger partial charge in [0.25, 0.3) is 0 Å². The minimum absolute atomic E-state index is 0.0944. The highest BCUT2D eigenvalue weighted by Gasteiger charge is 2.35. The summed E-state index contributed by atoms with van der Waals surface area (Å²) in [5.41, 5.74) is 1.43. The first-order valence-corrected chi connectivity index (χ1v) is 10.8. The summed E-state index contributed by atoms with van der Waals surface area (Å²) in [5, 5.41) is 2.90. The second kappa shape index (κ2) is 9.03. The van der Waals surface area contributed by atoms with E-state index in [1.807, 2.05) is 55.5 Å². The van der Waals surface area contributed by atoms with Gasteiger partial charge in [-0.2, -0.15) is 0 Å². The number of thioether (sulfide) groups is 1. The molecular formula is C19H17Br2N3O2S. The molecule has 3 rings (SSSR count). The van der Waals surface area contributed by atoms with Crippen molar-refractivity contribution >= 4 is 72.0 Å². The van der Waals surface area contributed by atoms with Crippen molar-refractivity contribution in [3.63, 3.8) is 0 Å². The minimum atomic E-state index is -0.516. The molecule has 1 fully saturated rings. The number of hydrogen-bond donors (Lipinski definition) is 1. The Bertz CT molecular complexity index is 870. The standard InChI is InChI=1S/C19H17Br2N3O2S/c1-2-24-17(25)11-16(18(26)22-14-7-3-12(20)4-8-14)27-19(24)23-15-9-5-13(21)6-10-15/h3-10,16H,2,11H2,1H3,(H,22,26)/t16-/m0/s1. The van der Waals surface area contributed by atoms with Crippen LogP contribution in [0.2, 0.25) is 0 Å². The molecular weight excluding hydrogens is 494 g/mol. The van der Waals surface area contributed by atoms with E-state index in [0.29, 0.717) is 17.4 Å². The van der Waals surface area contributed by atoms with E-state index in [0.717, 1.165) is 14.6 Å². The number of benzene rings is 2. The van der Waals surface area contributed by atoms with Crippen LogP contribution in [-0.4, -0.2) is 33.7 Å². The lowest BCUT2D eigenvalue weighted by atomic mass is 10.2. The second-order valence-electron chi connectivity index (χ2n) is 5.82. The molecule has 140 valence electrons. The fourth-order valence-electron chi connectivity index (χ4n) is 2.53. The van der Waals surface area contributed by atoms with E-state index in [4.69, 9.17) is 0 Å². The molecule has 0 bridgehead atoms. The van der Waals surface area contributed by atoms with Crippen LogP contribution in [0.5, 0.6) is 0 Å². The number of amidine groups is 1. The minimum Gasteiger partial charge on any atom is -0.325 e. The van der Waals surface area contributed by atoms with Crippen molar-refractivity contribution in [2.75, 3.05) is 11.9 Å². The Morgan fingerprint density at radius 2 is 1.74 bits per heavy atom. The number of anilines is 1. The normalized spacial score (nSPS) is 18.6. The zero-order valence-corrected chi connectivity index (χ0v) is 18.5. The molecule has 1 heterocycles. The predicted molar refractivity (Wildman–Crippen MR) is 117 cm³/mol. The molecule has 0 aliphatic carbocycles. The van der Waals surface area contributed by atoms with Crippen LogP contribution in [0.1, 0.15) is 13.3 Å². The van der Waals surface area contributed by atoms with Gasteiger partial charge in [0.2, 0.25) is 11.8 Å². The third-order valence-corrected chi connectivity index (χ3v) is 6.16. The molecule has 1 N–H and O–H groups in total. The van der Waals surface area contributed by atoms with Crippen LogP contribution in [0.4, 0.5) is 11.4 Å². The van der Waals surface area contributed by atoms with Gasteiger partial charge in [0.15, 0.2) is 5.17 Å². The summed E-state index contributed by atoms with van der Waals surface area (Å²) in [4.78, 5) is 31.4. The lowest BCUT2D eigenvalue weighted by Crippen LogP contribution is -2.45. The van der Waals surface area contributed by atoms with Gasteiger partial charge in [0.05, 0.1) is 5.69 Å². The monoisotopic (exact) mass is 509 g/mol. The molecule has 0 aromatic heterocycles. The summed E-state index contributed by atoms with van der Waals surface area (Å²) in [6, 6.07) is 14.8. The maximum absolute atomic E-state index is 12.7. The summed E-state index contributed by atoms with van der Waals surface area (Å²) in [5.74, 6) is -0.294. The van der Waals surface area contributed by atoms with Crippen molar-refractivity contribution in [1.82, 2.24) is 4.90 Å². The first kappa shape index (κ1) is 20.1. The van der Waals surface area contributed by atoms with Crippen LogP contribution in [0.3, 0.4) is 0 Å². The number of aliphatic imine (C=N–C) groups is 1. The third kappa shape index (κ3) is 5.21. The van der Waals surface area contributed by atoms with Gasteiger partial charge in [-0.25, -0.2) is 4.99 Å². The summed E-state index contributed by atoms with van der Waals surface area (Å²) >= 11 is 8.08. The second-order valence-corrected chi connectivity index (χ2v) is 8.82. The molecule has 1 saturated heterocycles.